The van der Waals surface area contributed by atoms with Crippen LogP contribution in [-0.4, -0.2) is 20.9 Å². The number of halogens is 2. The average Bonchev–Trinajstić information content (AvgIpc) is 3.35. The Morgan fingerprint density at radius 1 is 1.19 bits per heavy atom. The Kier molecular flexibility index (Phi) is 4.27. The van der Waals surface area contributed by atoms with Crippen LogP contribution < -0.4 is 9.62 Å². The molecule has 1 heterocycles. The zero-order valence-corrected chi connectivity index (χ0v) is 16.1. The molecule has 2 aliphatic rings. The van der Waals surface area contributed by atoms with Crippen molar-refractivity contribution in [3.05, 3.63) is 52.3 Å². The topological polar surface area (TPSA) is 66.5 Å². The van der Waals surface area contributed by atoms with Gasteiger partial charge in [0.2, 0.25) is 5.91 Å². The summed E-state index contributed by atoms with van der Waals surface area (Å²) in [5.74, 6) is -0.452. The maximum atomic E-state index is 13.1. The quantitative estimate of drug-likeness (QED) is 0.791. The van der Waals surface area contributed by atoms with Gasteiger partial charge < -0.3 is 4.90 Å². The Labute approximate surface area is 159 Å². The second-order valence-electron chi connectivity index (χ2n) is 6.54. The average molecular weight is 439 g/mol. The van der Waals surface area contributed by atoms with Gasteiger partial charge in [0.05, 0.1) is 5.69 Å². The van der Waals surface area contributed by atoms with Crippen molar-refractivity contribution in [2.24, 2.45) is 5.92 Å². The van der Waals surface area contributed by atoms with Gasteiger partial charge in [0, 0.05) is 22.6 Å². The molecule has 1 N–H and O–H groups in total. The lowest BCUT2D eigenvalue weighted by molar-refractivity contribution is -0.119. The number of sulfonamides is 1. The first-order valence-corrected chi connectivity index (χ1v) is 10.5. The van der Waals surface area contributed by atoms with Crippen molar-refractivity contribution in [3.63, 3.8) is 0 Å². The molecule has 2 aromatic carbocycles. The molecule has 0 radical (unpaired) electrons. The van der Waals surface area contributed by atoms with E-state index in [1.54, 1.807) is 4.90 Å². The van der Waals surface area contributed by atoms with Gasteiger partial charge in [-0.1, -0.05) is 15.9 Å². The second-order valence-corrected chi connectivity index (χ2v) is 9.10. The van der Waals surface area contributed by atoms with E-state index in [1.807, 2.05) is 6.07 Å². The summed E-state index contributed by atoms with van der Waals surface area (Å²) in [5.41, 5.74) is 1.55. The highest BCUT2D eigenvalue weighted by molar-refractivity contribution is 9.10. The fourth-order valence-corrected chi connectivity index (χ4v) is 5.16. The number of benzene rings is 2. The summed E-state index contributed by atoms with van der Waals surface area (Å²) in [6, 6.07) is 8.45. The lowest BCUT2D eigenvalue weighted by Crippen LogP contribution is -2.31. The van der Waals surface area contributed by atoms with Gasteiger partial charge in [-0.3, -0.25) is 9.52 Å². The van der Waals surface area contributed by atoms with E-state index in [0.717, 1.165) is 18.4 Å². The Morgan fingerprint density at radius 2 is 1.88 bits per heavy atom. The third kappa shape index (κ3) is 3.23. The Hall–Kier alpha value is -1.93. The summed E-state index contributed by atoms with van der Waals surface area (Å²) in [4.78, 5) is 14.2. The molecule has 1 amide bonds. The fraction of sp³-hybridized carbons (Fsp3) is 0.278. The van der Waals surface area contributed by atoms with Crippen molar-refractivity contribution in [1.82, 2.24) is 0 Å². The van der Waals surface area contributed by atoms with Crippen LogP contribution in [0.4, 0.5) is 15.8 Å². The molecule has 136 valence electrons. The van der Waals surface area contributed by atoms with Crippen LogP contribution in [0.25, 0.3) is 0 Å². The minimum absolute atomic E-state index is 0.00482. The molecular formula is C18H16BrFN2O3S. The summed E-state index contributed by atoms with van der Waals surface area (Å²) >= 11 is 3.36. The smallest absolute Gasteiger partial charge is 0.264 e. The van der Waals surface area contributed by atoms with E-state index < -0.39 is 15.8 Å². The number of fused-ring (bicyclic) bond motifs is 1. The molecular weight excluding hydrogens is 423 g/mol. The van der Waals surface area contributed by atoms with E-state index >= 15 is 0 Å². The van der Waals surface area contributed by atoms with Crippen LogP contribution in [0.15, 0.2) is 45.8 Å². The van der Waals surface area contributed by atoms with Crippen molar-refractivity contribution >= 4 is 43.2 Å². The zero-order valence-electron chi connectivity index (χ0n) is 13.7. The number of hydrogen-bond donors (Lipinski definition) is 1. The maximum absolute atomic E-state index is 13.1. The van der Waals surface area contributed by atoms with Gasteiger partial charge in [-0.05, 0) is 61.2 Å². The summed E-state index contributed by atoms with van der Waals surface area (Å²) in [5, 5.41) is 0. The molecule has 0 spiro atoms. The summed E-state index contributed by atoms with van der Waals surface area (Å²) < 4.78 is 42.2. The molecule has 1 saturated carbocycles. The van der Waals surface area contributed by atoms with Gasteiger partial charge in [0.25, 0.3) is 10.0 Å². The third-order valence-electron chi connectivity index (χ3n) is 4.57. The highest BCUT2D eigenvalue weighted by Gasteiger charge is 2.39. The zero-order chi connectivity index (χ0) is 18.5. The Balaban J connectivity index is 1.76. The lowest BCUT2D eigenvalue weighted by Gasteiger charge is -2.21. The fourth-order valence-electron chi connectivity index (χ4n) is 3.17. The first-order chi connectivity index (χ1) is 12.3. The van der Waals surface area contributed by atoms with Crippen LogP contribution in [0, 0.1) is 11.7 Å². The number of nitrogens with one attached hydrogen (secondary N) is 1. The van der Waals surface area contributed by atoms with E-state index in [0.29, 0.717) is 23.1 Å². The number of anilines is 2. The molecule has 8 heteroatoms. The van der Waals surface area contributed by atoms with Crippen LogP contribution >= 0.6 is 15.9 Å². The highest BCUT2D eigenvalue weighted by Crippen LogP contribution is 2.41. The second kappa shape index (κ2) is 6.35. The Bertz CT molecular complexity index is 988. The maximum Gasteiger partial charge on any atom is 0.264 e. The molecule has 1 aliphatic heterocycles. The minimum Gasteiger partial charge on any atom is -0.310 e. The van der Waals surface area contributed by atoms with E-state index in [9.17, 15) is 17.6 Å². The molecule has 2 aromatic rings. The summed E-state index contributed by atoms with van der Waals surface area (Å²) in [6.45, 7) is 0.486. The molecule has 0 atom stereocenters. The van der Waals surface area contributed by atoms with Gasteiger partial charge in [-0.15, -0.1) is 0 Å². The van der Waals surface area contributed by atoms with Crippen LogP contribution in [0.2, 0.25) is 0 Å². The van der Waals surface area contributed by atoms with Gasteiger partial charge in [-0.2, -0.15) is 0 Å². The molecule has 1 aliphatic carbocycles. The van der Waals surface area contributed by atoms with Crippen LogP contribution in [0.1, 0.15) is 18.4 Å². The molecule has 4 rings (SSSR count). The first kappa shape index (κ1) is 17.5. The number of carbonyl (C=O) groups excluding carboxylic acids is 1. The van der Waals surface area contributed by atoms with E-state index in [1.165, 1.54) is 30.3 Å². The predicted octanol–water partition coefficient (Wildman–Crippen LogP) is 3.69. The van der Waals surface area contributed by atoms with Crippen LogP contribution in [0.3, 0.4) is 0 Å². The highest BCUT2D eigenvalue weighted by atomic mass is 79.9. The predicted molar refractivity (Wildman–Crippen MR) is 100 cm³/mol. The standard InChI is InChI=1S/C18H16BrFN2O3S/c19-13-9-12-7-8-22(18(23)11-1-2-11)17(12)16(10-13)26(24,25)21-15-5-3-14(20)4-6-15/h3-6,9-11,21H,1-2,7-8H2. The molecule has 0 bridgehead atoms. The summed E-state index contributed by atoms with van der Waals surface area (Å²) in [6.07, 6.45) is 2.33. The SMILES string of the molecule is O=C(C1CC1)N1CCc2cc(Br)cc(S(=O)(=O)Nc3ccc(F)cc3)c21. The monoisotopic (exact) mass is 438 g/mol. The number of amides is 1. The normalized spacial score (nSPS) is 16.5. The van der Waals surface area contributed by atoms with Gasteiger partial charge in [0.1, 0.15) is 10.7 Å². The van der Waals surface area contributed by atoms with Crippen LogP contribution in [-0.2, 0) is 21.2 Å². The Morgan fingerprint density at radius 3 is 2.54 bits per heavy atom. The van der Waals surface area contributed by atoms with Crippen LogP contribution in [0.5, 0.6) is 0 Å². The number of carbonyl (C=O) groups is 1. The largest absolute Gasteiger partial charge is 0.310 e. The van der Waals surface area contributed by atoms with Gasteiger partial charge in [-0.25, -0.2) is 12.8 Å². The molecule has 0 aromatic heterocycles. The summed E-state index contributed by atoms with van der Waals surface area (Å²) in [7, 11) is -3.94. The molecule has 26 heavy (non-hydrogen) atoms. The molecule has 1 fully saturated rings. The van der Waals surface area contributed by atoms with E-state index in [4.69, 9.17) is 0 Å². The molecule has 0 saturated heterocycles. The lowest BCUT2D eigenvalue weighted by atomic mass is 10.2. The third-order valence-corrected chi connectivity index (χ3v) is 6.42. The van der Waals surface area contributed by atoms with E-state index in [2.05, 4.69) is 20.7 Å². The number of nitrogens with zero attached hydrogens (tertiary/aromatic N) is 1. The number of rotatable bonds is 4. The minimum atomic E-state index is -3.94. The van der Waals surface area contributed by atoms with E-state index in [-0.39, 0.29) is 22.4 Å². The van der Waals surface area contributed by atoms with Crippen molar-refractivity contribution in [2.75, 3.05) is 16.2 Å². The van der Waals surface area contributed by atoms with Gasteiger partial charge >= 0.3 is 0 Å². The van der Waals surface area contributed by atoms with Crippen molar-refractivity contribution in [1.29, 1.82) is 0 Å². The molecule has 0 unspecified atom stereocenters. The first-order valence-electron chi connectivity index (χ1n) is 8.27. The molecule has 5 nitrogen and oxygen atoms in total. The number of hydrogen-bond acceptors (Lipinski definition) is 3. The van der Waals surface area contributed by atoms with Gasteiger partial charge in [0.15, 0.2) is 0 Å². The van der Waals surface area contributed by atoms with Crippen molar-refractivity contribution in [3.8, 4) is 0 Å². The van der Waals surface area contributed by atoms with Crippen molar-refractivity contribution < 1.29 is 17.6 Å². The van der Waals surface area contributed by atoms with Crippen molar-refractivity contribution in [2.45, 2.75) is 24.2 Å².